The fourth-order valence-electron chi connectivity index (χ4n) is 2.73. The smallest absolute Gasteiger partial charge is 0.416 e. The molecule has 0 radical (unpaired) electrons. The summed E-state index contributed by atoms with van der Waals surface area (Å²) in [5, 5.41) is 0.311. The largest absolute Gasteiger partial charge is 0.461 e. The highest BCUT2D eigenvalue weighted by Gasteiger charge is 2.31. The van der Waals surface area contributed by atoms with Crippen LogP contribution < -0.4 is 5.56 Å². The van der Waals surface area contributed by atoms with Gasteiger partial charge in [-0.1, -0.05) is 11.8 Å². The van der Waals surface area contributed by atoms with Crippen LogP contribution in [0, 0.1) is 0 Å². The van der Waals surface area contributed by atoms with Crippen molar-refractivity contribution in [2.75, 3.05) is 12.9 Å². The van der Waals surface area contributed by atoms with Crippen LogP contribution in [0.15, 0.2) is 28.2 Å². The van der Waals surface area contributed by atoms with Crippen molar-refractivity contribution in [1.82, 2.24) is 14.0 Å². The molecule has 0 aliphatic rings. The van der Waals surface area contributed by atoms with Crippen molar-refractivity contribution in [3.63, 3.8) is 0 Å². The predicted molar refractivity (Wildman–Crippen MR) is 90.7 cm³/mol. The van der Waals surface area contributed by atoms with E-state index in [9.17, 15) is 22.8 Å². The molecule has 0 aliphatic carbocycles. The third-order valence-corrected chi connectivity index (χ3v) is 4.55. The van der Waals surface area contributed by atoms with Gasteiger partial charge in [0, 0.05) is 7.05 Å². The molecule has 138 valence electrons. The Morgan fingerprint density at radius 2 is 2.00 bits per heavy atom. The van der Waals surface area contributed by atoms with Gasteiger partial charge in [-0.3, -0.25) is 9.20 Å². The Morgan fingerprint density at radius 1 is 1.31 bits per heavy atom. The summed E-state index contributed by atoms with van der Waals surface area (Å²) in [6, 6.07) is 3.10. The third kappa shape index (κ3) is 2.74. The predicted octanol–water partition coefficient (Wildman–Crippen LogP) is 3.10. The molecule has 0 saturated carbocycles. The van der Waals surface area contributed by atoms with Crippen LogP contribution in [-0.4, -0.2) is 32.8 Å². The Kier molecular flexibility index (Phi) is 4.47. The highest BCUT2D eigenvalue weighted by molar-refractivity contribution is 7.98. The second-order valence-electron chi connectivity index (χ2n) is 5.42. The number of halogens is 3. The van der Waals surface area contributed by atoms with Crippen molar-refractivity contribution in [1.29, 1.82) is 0 Å². The average Bonchev–Trinajstić information content (AvgIpc) is 2.98. The molecule has 0 bridgehead atoms. The van der Waals surface area contributed by atoms with Crippen molar-refractivity contribution in [2.24, 2.45) is 7.05 Å². The number of fused-ring (bicyclic) bond motifs is 3. The van der Waals surface area contributed by atoms with Gasteiger partial charge in [-0.2, -0.15) is 13.2 Å². The number of thioether (sulfide) groups is 1. The summed E-state index contributed by atoms with van der Waals surface area (Å²) in [5.74, 6) is -0.756. The number of imidazole rings is 1. The molecule has 2 heterocycles. The first kappa shape index (κ1) is 18.3. The van der Waals surface area contributed by atoms with Crippen molar-refractivity contribution >= 4 is 34.3 Å². The van der Waals surface area contributed by atoms with Gasteiger partial charge in [0.05, 0.1) is 23.2 Å². The van der Waals surface area contributed by atoms with E-state index in [0.29, 0.717) is 10.7 Å². The number of aryl methyl sites for hydroxylation is 1. The summed E-state index contributed by atoms with van der Waals surface area (Å²) in [7, 11) is 1.35. The number of esters is 1. The van der Waals surface area contributed by atoms with E-state index in [1.54, 1.807) is 13.2 Å². The molecule has 10 heteroatoms. The maximum absolute atomic E-state index is 13.0. The molecular weight excluding hydrogens is 371 g/mol. The quantitative estimate of drug-likeness (QED) is 0.512. The van der Waals surface area contributed by atoms with E-state index in [4.69, 9.17) is 4.74 Å². The number of ether oxygens (including phenoxy) is 1. The molecule has 6 nitrogen and oxygen atoms in total. The number of hydrogen-bond acceptors (Lipinski definition) is 5. The minimum Gasteiger partial charge on any atom is -0.461 e. The summed E-state index contributed by atoms with van der Waals surface area (Å²) in [5.41, 5.74) is -1.26. The van der Waals surface area contributed by atoms with Crippen LogP contribution in [0.5, 0.6) is 0 Å². The van der Waals surface area contributed by atoms with Gasteiger partial charge >= 0.3 is 12.1 Å². The van der Waals surface area contributed by atoms with E-state index in [-0.39, 0.29) is 23.3 Å². The lowest BCUT2D eigenvalue weighted by molar-refractivity contribution is -0.137. The topological polar surface area (TPSA) is 65.6 Å². The summed E-state index contributed by atoms with van der Waals surface area (Å²) < 4.78 is 46.5. The van der Waals surface area contributed by atoms with Gasteiger partial charge in [0.15, 0.2) is 10.9 Å². The van der Waals surface area contributed by atoms with Crippen LogP contribution in [0.2, 0.25) is 0 Å². The fraction of sp³-hybridized carbons (Fsp3) is 0.312. The normalized spacial score (nSPS) is 12.1. The molecule has 0 fully saturated rings. The van der Waals surface area contributed by atoms with Gasteiger partial charge in [0.2, 0.25) is 0 Å². The SMILES string of the molecule is CCOC(=O)c1nc(SC)n2c1c(=O)n(C)c1cc(C(F)(F)F)ccc12. The van der Waals surface area contributed by atoms with E-state index in [0.717, 1.165) is 16.7 Å². The van der Waals surface area contributed by atoms with Gasteiger partial charge in [-0.05, 0) is 31.4 Å². The minimum absolute atomic E-state index is 0.0254. The van der Waals surface area contributed by atoms with Gasteiger partial charge in [-0.25, -0.2) is 9.78 Å². The number of carbonyl (C=O) groups is 1. The Bertz CT molecular complexity index is 1090. The molecule has 0 spiro atoms. The van der Waals surface area contributed by atoms with Gasteiger partial charge in [0.25, 0.3) is 5.56 Å². The third-order valence-electron chi connectivity index (χ3n) is 3.91. The first-order valence-electron chi connectivity index (χ1n) is 7.54. The van der Waals surface area contributed by atoms with E-state index >= 15 is 0 Å². The molecule has 2 aromatic heterocycles. The summed E-state index contributed by atoms with van der Waals surface area (Å²) >= 11 is 1.17. The molecule has 3 aromatic rings. The summed E-state index contributed by atoms with van der Waals surface area (Å²) in [6.45, 7) is 1.73. The van der Waals surface area contributed by atoms with Crippen LogP contribution in [0.1, 0.15) is 23.0 Å². The zero-order valence-corrected chi connectivity index (χ0v) is 14.9. The average molecular weight is 385 g/mol. The summed E-state index contributed by atoms with van der Waals surface area (Å²) in [6.07, 6.45) is -2.84. The lowest BCUT2D eigenvalue weighted by Gasteiger charge is -2.12. The van der Waals surface area contributed by atoms with E-state index < -0.39 is 23.3 Å². The van der Waals surface area contributed by atoms with Gasteiger partial charge in [-0.15, -0.1) is 0 Å². The Balaban J connectivity index is 2.47. The molecule has 0 saturated heterocycles. The fourth-order valence-corrected chi connectivity index (χ4v) is 3.28. The Labute approximate surface area is 149 Å². The number of alkyl halides is 3. The van der Waals surface area contributed by atoms with Gasteiger partial charge < -0.3 is 9.30 Å². The molecule has 1 aromatic carbocycles. The van der Waals surface area contributed by atoms with Crippen LogP contribution in [0.4, 0.5) is 13.2 Å². The number of aromatic nitrogens is 3. The van der Waals surface area contributed by atoms with Crippen LogP contribution >= 0.6 is 11.8 Å². The lowest BCUT2D eigenvalue weighted by atomic mass is 10.1. The zero-order valence-electron chi connectivity index (χ0n) is 14.0. The van der Waals surface area contributed by atoms with E-state index in [1.165, 1.54) is 29.3 Å². The minimum atomic E-state index is -4.54. The van der Waals surface area contributed by atoms with Crippen molar-refractivity contribution in [2.45, 2.75) is 18.3 Å². The molecule has 0 aliphatic heterocycles. The van der Waals surface area contributed by atoms with Crippen molar-refractivity contribution in [3.8, 4) is 0 Å². The number of nitrogens with zero attached hydrogens (tertiary/aromatic N) is 3. The number of hydrogen-bond donors (Lipinski definition) is 0. The highest BCUT2D eigenvalue weighted by atomic mass is 32.2. The molecule has 0 atom stereocenters. The Morgan fingerprint density at radius 3 is 2.58 bits per heavy atom. The first-order chi connectivity index (χ1) is 12.2. The highest BCUT2D eigenvalue weighted by Crippen LogP contribution is 2.32. The lowest BCUT2D eigenvalue weighted by Crippen LogP contribution is -2.22. The van der Waals surface area contributed by atoms with Crippen LogP contribution in [0.25, 0.3) is 16.6 Å². The second-order valence-corrected chi connectivity index (χ2v) is 6.19. The van der Waals surface area contributed by atoms with Crippen molar-refractivity contribution in [3.05, 3.63) is 39.8 Å². The molecule has 0 N–H and O–H groups in total. The van der Waals surface area contributed by atoms with Gasteiger partial charge in [0.1, 0.15) is 5.52 Å². The maximum Gasteiger partial charge on any atom is 0.416 e. The van der Waals surface area contributed by atoms with E-state index in [1.807, 2.05) is 0 Å². The molecular formula is C16H14F3N3O3S. The molecule has 0 amide bonds. The number of rotatable bonds is 3. The maximum atomic E-state index is 13.0. The molecule has 26 heavy (non-hydrogen) atoms. The molecule has 0 unspecified atom stereocenters. The number of carbonyl (C=O) groups excluding carboxylic acids is 1. The Hall–Kier alpha value is -2.49. The molecule has 3 rings (SSSR count). The van der Waals surface area contributed by atoms with E-state index in [2.05, 4.69) is 4.98 Å². The van der Waals surface area contributed by atoms with Crippen molar-refractivity contribution < 1.29 is 22.7 Å². The zero-order chi connectivity index (χ0) is 19.2. The van der Waals surface area contributed by atoms with Crippen LogP contribution in [-0.2, 0) is 18.0 Å². The first-order valence-corrected chi connectivity index (χ1v) is 8.76. The second kappa shape index (κ2) is 6.35. The monoisotopic (exact) mass is 385 g/mol. The number of benzene rings is 1. The van der Waals surface area contributed by atoms with Crippen LogP contribution in [0.3, 0.4) is 0 Å². The summed E-state index contributed by atoms with van der Waals surface area (Å²) in [4.78, 5) is 29.1. The standard InChI is InChI=1S/C16H14F3N3O3S/c1-4-25-14(24)11-12-13(23)21(2)10-7-8(16(17,18)19)5-6-9(10)22(12)15(20-11)26-3/h5-7H,4H2,1-3H3.